The number of rotatable bonds is 5. The Labute approximate surface area is 161 Å². The minimum Gasteiger partial charge on any atom is -0.326 e. The fourth-order valence-electron chi connectivity index (χ4n) is 2.37. The van der Waals surface area contributed by atoms with E-state index in [-0.39, 0.29) is 24.8 Å². The van der Waals surface area contributed by atoms with E-state index < -0.39 is 0 Å². The topological polar surface area (TPSA) is 49.4 Å². The van der Waals surface area contributed by atoms with E-state index in [0.29, 0.717) is 26.4 Å². The van der Waals surface area contributed by atoms with Crippen molar-refractivity contribution < 1.29 is 9.59 Å². The summed E-state index contributed by atoms with van der Waals surface area (Å²) in [7, 11) is 0. The Morgan fingerprint density at radius 3 is 2.28 bits per heavy atom. The molecule has 4 nitrogen and oxygen atoms in total. The second-order valence-corrected chi connectivity index (χ2v) is 6.75. The maximum atomic E-state index is 12.2. The third-order valence-corrected chi connectivity index (χ3v) is 4.46. The summed E-state index contributed by atoms with van der Waals surface area (Å²) in [6.45, 7) is 3.42. The zero-order valence-electron chi connectivity index (χ0n) is 13.8. The smallest absolute Gasteiger partial charge is 0.226 e. The van der Waals surface area contributed by atoms with Gasteiger partial charge in [-0.2, -0.15) is 0 Å². The molecule has 132 valence electrons. The second-order valence-electron chi connectivity index (χ2n) is 5.50. The lowest BCUT2D eigenvalue weighted by Crippen LogP contribution is -2.32. The van der Waals surface area contributed by atoms with Crippen molar-refractivity contribution >= 4 is 58.0 Å². The van der Waals surface area contributed by atoms with Crippen LogP contribution in [0.4, 0.5) is 11.4 Å². The number of nitrogens with zero attached hydrogens (tertiary/aromatic N) is 1. The zero-order chi connectivity index (χ0) is 18.6. The fourth-order valence-corrected chi connectivity index (χ4v) is 3.20. The Balaban J connectivity index is 2.09. The Morgan fingerprint density at radius 2 is 1.72 bits per heavy atom. The first-order valence-electron chi connectivity index (χ1n) is 7.57. The van der Waals surface area contributed by atoms with Crippen LogP contribution < -0.4 is 10.2 Å². The number of para-hydroxylation sites is 1. The molecule has 2 aromatic rings. The quantitative estimate of drug-likeness (QED) is 0.738. The lowest BCUT2D eigenvalue weighted by atomic mass is 10.2. The fraction of sp³-hybridized carbons (Fsp3) is 0.222. The molecule has 2 rings (SSSR count). The summed E-state index contributed by atoms with van der Waals surface area (Å²) >= 11 is 18.2. The minimum atomic E-state index is -0.245. The van der Waals surface area contributed by atoms with E-state index in [0.717, 1.165) is 5.56 Å². The molecule has 0 spiro atoms. The van der Waals surface area contributed by atoms with Crippen molar-refractivity contribution in [3.63, 3.8) is 0 Å². The minimum absolute atomic E-state index is 0.100. The predicted octanol–water partition coefficient (Wildman–Crippen LogP) is 5.34. The number of hydrogen-bond acceptors (Lipinski definition) is 2. The van der Waals surface area contributed by atoms with Gasteiger partial charge < -0.3 is 10.2 Å². The summed E-state index contributed by atoms with van der Waals surface area (Å²) < 4.78 is 0. The number of halogens is 3. The third-order valence-electron chi connectivity index (χ3n) is 3.61. The molecule has 0 heterocycles. The summed E-state index contributed by atoms with van der Waals surface area (Å²) in [5.74, 6) is -0.467. The van der Waals surface area contributed by atoms with Gasteiger partial charge in [0.1, 0.15) is 0 Å². The maximum Gasteiger partial charge on any atom is 0.226 e. The van der Waals surface area contributed by atoms with Gasteiger partial charge in [0.2, 0.25) is 11.8 Å². The van der Waals surface area contributed by atoms with Crippen LogP contribution in [-0.2, 0) is 9.59 Å². The molecule has 0 unspecified atom stereocenters. The Morgan fingerprint density at radius 1 is 1.08 bits per heavy atom. The second kappa shape index (κ2) is 8.56. The van der Waals surface area contributed by atoms with E-state index in [1.165, 1.54) is 11.8 Å². The molecule has 0 fully saturated rings. The number of aryl methyl sites for hydroxylation is 1. The van der Waals surface area contributed by atoms with E-state index in [2.05, 4.69) is 5.32 Å². The normalized spacial score (nSPS) is 10.4. The molecule has 0 saturated carbocycles. The predicted molar refractivity (Wildman–Crippen MR) is 104 cm³/mol. The van der Waals surface area contributed by atoms with Gasteiger partial charge in [-0.3, -0.25) is 9.59 Å². The number of anilines is 2. The third kappa shape index (κ3) is 5.11. The van der Waals surface area contributed by atoms with Crippen LogP contribution >= 0.6 is 34.8 Å². The highest BCUT2D eigenvalue weighted by atomic mass is 35.5. The van der Waals surface area contributed by atoms with Gasteiger partial charge in [0.15, 0.2) is 0 Å². The van der Waals surface area contributed by atoms with E-state index in [1.54, 1.807) is 36.4 Å². The highest BCUT2D eigenvalue weighted by molar-refractivity contribution is 6.39. The van der Waals surface area contributed by atoms with Crippen LogP contribution in [0.25, 0.3) is 0 Å². The van der Waals surface area contributed by atoms with Crippen molar-refractivity contribution in [3.05, 3.63) is 57.0 Å². The average Bonchev–Trinajstić information content (AvgIpc) is 2.52. The number of benzene rings is 2. The molecule has 1 N–H and O–H groups in total. The lowest BCUT2D eigenvalue weighted by Gasteiger charge is -2.23. The van der Waals surface area contributed by atoms with Crippen molar-refractivity contribution in [3.8, 4) is 0 Å². The summed E-state index contributed by atoms with van der Waals surface area (Å²) in [6.07, 6.45) is 0.100. The Hall–Kier alpha value is -1.75. The first-order chi connectivity index (χ1) is 11.8. The van der Waals surface area contributed by atoms with Crippen molar-refractivity contribution in [2.24, 2.45) is 0 Å². The SMILES string of the molecule is CC(=O)N(CCC(=O)Nc1ccc(Cl)cc1C)c1c(Cl)cccc1Cl. The van der Waals surface area contributed by atoms with Crippen LogP contribution in [0.3, 0.4) is 0 Å². The molecule has 0 aliphatic heterocycles. The number of hydrogen-bond donors (Lipinski definition) is 1. The molecule has 7 heteroatoms. The summed E-state index contributed by atoms with van der Waals surface area (Å²) in [5.41, 5.74) is 1.95. The highest BCUT2D eigenvalue weighted by Crippen LogP contribution is 2.33. The standard InChI is InChI=1S/C18H17Cl3N2O2/c1-11-10-13(19)6-7-16(11)22-17(25)8-9-23(12(2)24)18-14(20)4-3-5-15(18)21/h3-7,10H,8-9H2,1-2H3,(H,22,25). The van der Waals surface area contributed by atoms with Gasteiger partial charge in [-0.05, 0) is 42.8 Å². The summed E-state index contributed by atoms with van der Waals surface area (Å²) in [4.78, 5) is 25.6. The molecule has 0 aliphatic rings. The maximum absolute atomic E-state index is 12.2. The van der Waals surface area contributed by atoms with Gasteiger partial charge in [-0.15, -0.1) is 0 Å². The molecule has 0 radical (unpaired) electrons. The first-order valence-corrected chi connectivity index (χ1v) is 8.71. The van der Waals surface area contributed by atoms with Gasteiger partial charge in [0.05, 0.1) is 15.7 Å². The van der Waals surface area contributed by atoms with Gasteiger partial charge in [-0.25, -0.2) is 0 Å². The van der Waals surface area contributed by atoms with Crippen molar-refractivity contribution in [2.75, 3.05) is 16.8 Å². The molecule has 0 aliphatic carbocycles. The van der Waals surface area contributed by atoms with Crippen LogP contribution in [0.1, 0.15) is 18.9 Å². The molecule has 2 amide bonds. The van der Waals surface area contributed by atoms with Crippen LogP contribution in [0.15, 0.2) is 36.4 Å². The van der Waals surface area contributed by atoms with Gasteiger partial charge >= 0.3 is 0 Å². The van der Waals surface area contributed by atoms with Crippen LogP contribution in [0.2, 0.25) is 15.1 Å². The molecule has 0 atom stereocenters. The molecular weight excluding hydrogens is 383 g/mol. The van der Waals surface area contributed by atoms with Gasteiger partial charge in [-0.1, -0.05) is 40.9 Å². The molecule has 2 aromatic carbocycles. The Bertz CT molecular complexity index is 789. The van der Waals surface area contributed by atoms with E-state index in [9.17, 15) is 9.59 Å². The number of amides is 2. The van der Waals surface area contributed by atoms with Crippen LogP contribution in [-0.4, -0.2) is 18.4 Å². The summed E-state index contributed by atoms with van der Waals surface area (Å²) in [5, 5.41) is 4.13. The Kier molecular flexibility index (Phi) is 6.71. The largest absolute Gasteiger partial charge is 0.326 e. The van der Waals surface area contributed by atoms with Crippen molar-refractivity contribution in [2.45, 2.75) is 20.3 Å². The lowest BCUT2D eigenvalue weighted by molar-refractivity contribution is -0.117. The van der Waals surface area contributed by atoms with Gasteiger partial charge in [0.25, 0.3) is 0 Å². The van der Waals surface area contributed by atoms with Crippen LogP contribution in [0, 0.1) is 6.92 Å². The molecule has 0 saturated heterocycles. The average molecular weight is 400 g/mol. The summed E-state index contributed by atoms with van der Waals surface area (Å²) in [6, 6.07) is 10.2. The molecule has 25 heavy (non-hydrogen) atoms. The van der Waals surface area contributed by atoms with E-state index >= 15 is 0 Å². The van der Waals surface area contributed by atoms with Gasteiger partial charge in [0, 0.05) is 30.6 Å². The first kappa shape index (κ1) is 19.6. The van der Waals surface area contributed by atoms with Crippen molar-refractivity contribution in [1.82, 2.24) is 0 Å². The molecular formula is C18H17Cl3N2O2. The van der Waals surface area contributed by atoms with Crippen LogP contribution in [0.5, 0.6) is 0 Å². The van der Waals surface area contributed by atoms with E-state index in [1.807, 2.05) is 6.92 Å². The monoisotopic (exact) mass is 398 g/mol. The van der Waals surface area contributed by atoms with Crippen molar-refractivity contribution in [1.29, 1.82) is 0 Å². The number of carbonyl (C=O) groups excluding carboxylic acids is 2. The zero-order valence-corrected chi connectivity index (χ0v) is 16.0. The number of carbonyl (C=O) groups is 2. The highest BCUT2D eigenvalue weighted by Gasteiger charge is 2.19. The number of nitrogens with one attached hydrogen (secondary N) is 1. The van der Waals surface area contributed by atoms with E-state index in [4.69, 9.17) is 34.8 Å². The molecule has 0 aromatic heterocycles. The molecule has 0 bridgehead atoms.